The predicted molar refractivity (Wildman–Crippen MR) is 107 cm³/mol. The highest BCUT2D eigenvalue weighted by Gasteiger charge is 2.18. The molecule has 1 aromatic carbocycles. The Morgan fingerprint density at radius 3 is 2.96 bits per heavy atom. The van der Waals surface area contributed by atoms with Crippen molar-refractivity contribution in [3.8, 4) is 0 Å². The molecule has 4 rings (SSSR count). The van der Waals surface area contributed by atoms with Crippen molar-refractivity contribution in [2.24, 2.45) is 0 Å². The maximum atomic E-state index is 12.1. The number of nitrogens with zero attached hydrogens (tertiary/aromatic N) is 3. The first kappa shape index (κ1) is 18.6. The number of benzene rings is 1. The molecule has 0 spiro atoms. The molecule has 3 heterocycles. The van der Waals surface area contributed by atoms with Crippen LogP contribution in [0.5, 0.6) is 0 Å². The Morgan fingerprint density at radius 1 is 1.25 bits per heavy atom. The molecular formula is C21H25N5O2. The van der Waals surface area contributed by atoms with E-state index in [1.54, 1.807) is 6.20 Å². The fourth-order valence-corrected chi connectivity index (χ4v) is 3.64. The number of nitrogens with one attached hydrogen (secondary N) is 2. The lowest BCUT2D eigenvalue weighted by Gasteiger charge is -2.30. The van der Waals surface area contributed by atoms with Gasteiger partial charge in [0.05, 0.1) is 11.6 Å². The van der Waals surface area contributed by atoms with Crippen molar-refractivity contribution in [2.45, 2.75) is 31.9 Å². The molecule has 0 bridgehead atoms. The molecule has 3 N–H and O–H groups in total. The van der Waals surface area contributed by atoms with E-state index >= 15 is 0 Å². The normalized spacial score (nSPS) is 15.3. The maximum Gasteiger partial charge on any atom is 0.220 e. The Hall–Kier alpha value is -2.77. The summed E-state index contributed by atoms with van der Waals surface area (Å²) in [7, 11) is 0. The van der Waals surface area contributed by atoms with Gasteiger partial charge in [0, 0.05) is 45.2 Å². The van der Waals surface area contributed by atoms with E-state index in [1.165, 1.54) is 11.1 Å². The molecule has 1 amide bonds. The van der Waals surface area contributed by atoms with Gasteiger partial charge in [0.25, 0.3) is 0 Å². The second-order valence-electron chi connectivity index (χ2n) is 7.27. The number of rotatable bonds is 7. The van der Waals surface area contributed by atoms with Gasteiger partial charge in [-0.3, -0.25) is 9.69 Å². The minimum absolute atomic E-state index is 0.0866. The van der Waals surface area contributed by atoms with E-state index in [4.69, 9.17) is 0 Å². The van der Waals surface area contributed by atoms with Gasteiger partial charge < -0.3 is 15.4 Å². The molecule has 7 nitrogen and oxygen atoms in total. The highest BCUT2D eigenvalue weighted by Crippen LogP contribution is 2.18. The van der Waals surface area contributed by atoms with Gasteiger partial charge in [-0.15, -0.1) is 0 Å². The van der Waals surface area contributed by atoms with Crippen LogP contribution in [0, 0.1) is 0 Å². The number of hydrogen-bond donors (Lipinski definition) is 3. The van der Waals surface area contributed by atoms with E-state index in [2.05, 4.69) is 49.4 Å². The molecule has 1 atom stereocenters. The molecule has 0 aliphatic carbocycles. The zero-order chi connectivity index (χ0) is 19.3. The molecule has 2 aromatic heterocycles. The fraction of sp³-hybridized carbons (Fsp3) is 0.381. The number of hydrogen-bond acceptors (Lipinski definition) is 5. The molecule has 0 fully saturated rings. The number of fused-ring (bicyclic) bond motifs is 2. The van der Waals surface area contributed by atoms with Crippen LogP contribution in [0.4, 0.5) is 0 Å². The molecular weight excluding hydrogens is 354 g/mol. The first-order chi connectivity index (χ1) is 13.7. The molecule has 28 heavy (non-hydrogen) atoms. The van der Waals surface area contributed by atoms with E-state index in [0.717, 1.165) is 30.9 Å². The van der Waals surface area contributed by atoms with Gasteiger partial charge in [0.2, 0.25) is 5.91 Å². The molecule has 146 valence electrons. The average Bonchev–Trinajstić information content (AvgIpc) is 3.14. The number of aliphatic hydroxyl groups excluding tert-OH is 1. The third kappa shape index (κ3) is 4.55. The van der Waals surface area contributed by atoms with Crippen LogP contribution in [0.15, 0.2) is 42.6 Å². The van der Waals surface area contributed by atoms with Gasteiger partial charge in [-0.2, -0.15) is 0 Å². The average molecular weight is 379 g/mol. The highest BCUT2D eigenvalue weighted by atomic mass is 16.3. The van der Waals surface area contributed by atoms with Crippen molar-refractivity contribution >= 4 is 17.1 Å². The second-order valence-corrected chi connectivity index (χ2v) is 7.27. The summed E-state index contributed by atoms with van der Waals surface area (Å²) in [6, 6.07) is 12.2. The number of aryl methyl sites for hydroxylation is 1. The third-order valence-corrected chi connectivity index (χ3v) is 5.11. The second kappa shape index (κ2) is 8.50. The van der Waals surface area contributed by atoms with Crippen LogP contribution in [0.1, 0.15) is 23.4 Å². The van der Waals surface area contributed by atoms with E-state index < -0.39 is 6.10 Å². The van der Waals surface area contributed by atoms with Crippen LogP contribution in [0.25, 0.3) is 11.2 Å². The van der Waals surface area contributed by atoms with Crippen LogP contribution in [0.2, 0.25) is 0 Å². The number of carbonyl (C=O) groups excluding carboxylic acids is 1. The van der Waals surface area contributed by atoms with E-state index in [0.29, 0.717) is 25.0 Å². The van der Waals surface area contributed by atoms with Crippen molar-refractivity contribution in [3.63, 3.8) is 0 Å². The van der Waals surface area contributed by atoms with Crippen LogP contribution in [0.3, 0.4) is 0 Å². The lowest BCUT2D eigenvalue weighted by molar-refractivity contribution is -0.121. The smallest absolute Gasteiger partial charge is 0.220 e. The summed E-state index contributed by atoms with van der Waals surface area (Å²) >= 11 is 0. The number of imidazole rings is 1. The Labute approximate surface area is 163 Å². The van der Waals surface area contributed by atoms with Gasteiger partial charge >= 0.3 is 0 Å². The van der Waals surface area contributed by atoms with Crippen molar-refractivity contribution in [1.29, 1.82) is 0 Å². The summed E-state index contributed by atoms with van der Waals surface area (Å²) in [6.07, 6.45) is 2.96. The number of β-amino-alcohol motifs (C(OH)–C–C–N with tert-alkyl or cyclic N) is 1. The summed E-state index contributed by atoms with van der Waals surface area (Å²) in [5.74, 6) is 0.660. The van der Waals surface area contributed by atoms with E-state index in [1.807, 2.05) is 12.1 Å². The van der Waals surface area contributed by atoms with E-state index in [-0.39, 0.29) is 12.5 Å². The number of aromatic amines is 1. The van der Waals surface area contributed by atoms with Gasteiger partial charge in [-0.25, -0.2) is 9.97 Å². The fourth-order valence-electron chi connectivity index (χ4n) is 3.64. The zero-order valence-electron chi connectivity index (χ0n) is 15.8. The summed E-state index contributed by atoms with van der Waals surface area (Å²) in [5.41, 5.74) is 4.25. The quantitative estimate of drug-likeness (QED) is 0.577. The van der Waals surface area contributed by atoms with Crippen molar-refractivity contribution in [3.05, 3.63) is 59.5 Å². The van der Waals surface area contributed by atoms with Crippen LogP contribution < -0.4 is 5.32 Å². The minimum Gasteiger partial charge on any atom is -0.390 e. The maximum absolute atomic E-state index is 12.1. The van der Waals surface area contributed by atoms with Crippen LogP contribution in [-0.4, -0.2) is 56.6 Å². The van der Waals surface area contributed by atoms with Gasteiger partial charge in [0.15, 0.2) is 5.65 Å². The zero-order valence-corrected chi connectivity index (χ0v) is 15.8. The lowest BCUT2D eigenvalue weighted by Crippen LogP contribution is -2.42. The van der Waals surface area contributed by atoms with Gasteiger partial charge in [-0.1, -0.05) is 24.3 Å². The largest absolute Gasteiger partial charge is 0.390 e. The summed E-state index contributed by atoms with van der Waals surface area (Å²) in [6.45, 7) is 2.60. The molecule has 3 aromatic rings. The minimum atomic E-state index is -0.579. The molecule has 0 saturated heterocycles. The summed E-state index contributed by atoms with van der Waals surface area (Å²) in [5, 5.41) is 13.1. The summed E-state index contributed by atoms with van der Waals surface area (Å²) in [4.78, 5) is 26.1. The number of aromatic nitrogens is 3. The van der Waals surface area contributed by atoms with Crippen molar-refractivity contribution < 1.29 is 9.90 Å². The van der Waals surface area contributed by atoms with Crippen LogP contribution in [-0.2, 0) is 24.2 Å². The number of aliphatic hydroxyl groups is 1. The van der Waals surface area contributed by atoms with Gasteiger partial charge in [-0.05, 0) is 29.7 Å². The monoisotopic (exact) mass is 379 g/mol. The molecule has 0 saturated carbocycles. The van der Waals surface area contributed by atoms with Crippen LogP contribution >= 0.6 is 0 Å². The first-order valence-corrected chi connectivity index (χ1v) is 9.71. The Bertz CT molecular complexity index is 922. The van der Waals surface area contributed by atoms with Gasteiger partial charge in [0.1, 0.15) is 5.82 Å². The standard InChI is InChI=1S/C21H25N5O2/c27-17(14-26-11-9-15-4-1-2-5-16(15)13-26)12-23-20(28)8-7-19-24-18-6-3-10-22-21(18)25-19/h1-6,10,17,27H,7-9,11-14H2,(H,23,28)(H,22,24,25). The summed E-state index contributed by atoms with van der Waals surface area (Å²) < 4.78 is 0. The molecule has 1 aliphatic heterocycles. The Morgan fingerprint density at radius 2 is 2.11 bits per heavy atom. The Balaban J connectivity index is 1.19. The highest BCUT2D eigenvalue weighted by molar-refractivity contribution is 5.76. The number of carbonyl (C=O) groups is 1. The molecule has 1 aliphatic rings. The molecule has 7 heteroatoms. The van der Waals surface area contributed by atoms with Crippen molar-refractivity contribution in [1.82, 2.24) is 25.2 Å². The molecule has 1 unspecified atom stereocenters. The number of H-pyrrole nitrogens is 1. The van der Waals surface area contributed by atoms with Crippen molar-refractivity contribution in [2.75, 3.05) is 19.6 Å². The Kier molecular flexibility index (Phi) is 5.64. The molecule has 0 radical (unpaired) electrons. The first-order valence-electron chi connectivity index (χ1n) is 9.71. The van der Waals surface area contributed by atoms with E-state index in [9.17, 15) is 9.90 Å². The third-order valence-electron chi connectivity index (χ3n) is 5.11. The number of amides is 1. The SMILES string of the molecule is O=C(CCc1nc2ncccc2[nH]1)NCC(O)CN1CCc2ccccc2C1. The number of pyridine rings is 1. The lowest BCUT2D eigenvalue weighted by atomic mass is 10.00. The predicted octanol–water partition coefficient (Wildman–Crippen LogP) is 1.43. The topological polar surface area (TPSA) is 94.1 Å².